The first-order chi connectivity index (χ1) is 8.47. The van der Waals surface area contributed by atoms with E-state index in [1.54, 1.807) is 6.07 Å². The van der Waals surface area contributed by atoms with Crippen LogP contribution in [0.5, 0.6) is 0 Å². The second-order valence-corrected chi connectivity index (χ2v) is 4.34. The first-order valence-electron chi connectivity index (χ1n) is 5.71. The molecule has 6 heteroatoms. The molecule has 0 heterocycles. The van der Waals surface area contributed by atoms with Crippen LogP contribution in [0.1, 0.15) is 29.2 Å². The van der Waals surface area contributed by atoms with Gasteiger partial charge in [0.15, 0.2) is 0 Å². The lowest BCUT2D eigenvalue weighted by Crippen LogP contribution is -2.20. The number of hydrogen-bond acceptors (Lipinski definition) is 4. The molecule has 0 saturated carbocycles. The molecule has 4 N–H and O–H groups in total. The minimum absolute atomic E-state index is 0.138. The molecule has 0 aliphatic heterocycles. The molecule has 1 rings (SSSR count). The van der Waals surface area contributed by atoms with Crippen LogP contribution >= 0.6 is 0 Å². The van der Waals surface area contributed by atoms with E-state index in [4.69, 9.17) is 11.3 Å². The van der Waals surface area contributed by atoms with E-state index in [2.05, 4.69) is 10.0 Å². The smallest absolute Gasteiger partial charge is 0.107 e. The number of anilines is 1. The molecule has 0 aliphatic rings. The normalized spacial score (nSPS) is 13.8. The number of nitrogens with zero attached hydrogens (tertiary/aromatic N) is 3. The highest BCUT2D eigenvalue weighted by atomic mass is 16.3. The summed E-state index contributed by atoms with van der Waals surface area (Å²) in [6.45, 7) is 3.89. The molecule has 0 fully saturated rings. The van der Waals surface area contributed by atoms with E-state index in [9.17, 15) is 10.2 Å². The van der Waals surface area contributed by atoms with Gasteiger partial charge in [-0.3, -0.25) is 0 Å². The van der Waals surface area contributed by atoms with Crippen molar-refractivity contribution < 1.29 is 10.2 Å². The van der Waals surface area contributed by atoms with Gasteiger partial charge in [0, 0.05) is 22.7 Å². The Morgan fingerprint density at radius 2 is 2.06 bits per heavy atom. The molecule has 2 atom stereocenters. The third-order valence-corrected chi connectivity index (χ3v) is 2.83. The molecular weight excluding hydrogens is 232 g/mol. The maximum absolute atomic E-state index is 10.1. The number of nitrogens with two attached hydrogens (primary N) is 1. The quantitative estimate of drug-likeness (QED) is 0.321. The Labute approximate surface area is 106 Å². The maximum Gasteiger partial charge on any atom is 0.107 e. The standard InChI is InChI=1S/C12H18N4O2/c1-7-5-8(2)11(13)9(6-7)12(18)10(17)3-4-15-16-14/h5-6,10,12,17-18H,3-4,13H2,1-2H3. The van der Waals surface area contributed by atoms with Gasteiger partial charge in [-0.15, -0.1) is 0 Å². The number of aliphatic hydroxyl groups excluding tert-OH is 2. The molecule has 1 aromatic rings. The molecule has 0 radical (unpaired) electrons. The fraction of sp³-hybridized carbons (Fsp3) is 0.500. The van der Waals surface area contributed by atoms with Crippen molar-refractivity contribution in [2.24, 2.45) is 5.11 Å². The summed E-state index contributed by atoms with van der Waals surface area (Å²) in [4.78, 5) is 2.59. The Kier molecular flexibility index (Phi) is 4.97. The van der Waals surface area contributed by atoms with Gasteiger partial charge >= 0.3 is 0 Å². The molecule has 0 saturated heterocycles. The predicted molar refractivity (Wildman–Crippen MR) is 69.9 cm³/mol. The summed E-state index contributed by atoms with van der Waals surface area (Å²) in [7, 11) is 0. The lowest BCUT2D eigenvalue weighted by Gasteiger charge is -2.20. The predicted octanol–water partition coefficient (Wildman–Crippen LogP) is 1.98. The molecule has 0 spiro atoms. The topological polar surface area (TPSA) is 115 Å². The van der Waals surface area contributed by atoms with Crippen molar-refractivity contribution in [1.29, 1.82) is 0 Å². The molecule has 0 aromatic heterocycles. The lowest BCUT2D eigenvalue weighted by atomic mass is 9.96. The zero-order valence-electron chi connectivity index (χ0n) is 10.5. The first-order valence-corrected chi connectivity index (χ1v) is 5.71. The molecule has 0 amide bonds. The highest BCUT2D eigenvalue weighted by molar-refractivity contribution is 5.56. The van der Waals surface area contributed by atoms with Crippen LogP contribution in [0.3, 0.4) is 0 Å². The molecule has 18 heavy (non-hydrogen) atoms. The van der Waals surface area contributed by atoms with Gasteiger partial charge in [0.05, 0.1) is 6.10 Å². The average molecular weight is 250 g/mol. The Bertz CT molecular complexity index is 469. The first kappa shape index (κ1) is 14.3. The van der Waals surface area contributed by atoms with Crippen molar-refractivity contribution >= 4 is 5.69 Å². The third kappa shape index (κ3) is 3.37. The SMILES string of the molecule is Cc1cc(C)c(N)c(C(O)C(O)CCN=[N+]=[N-])c1. The second kappa shape index (κ2) is 6.26. The Hall–Kier alpha value is -1.75. The zero-order chi connectivity index (χ0) is 13.7. The number of rotatable bonds is 5. The zero-order valence-corrected chi connectivity index (χ0v) is 10.5. The van der Waals surface area contributed by atoms with Crippen LogP contribution in [0.2, 0.25) is 0 Å². The van der Waals surface area contributed by atoms with Crippen molar-refractivity contribution in [2.45, 2.75) is 32.5 Å². The van der Waals surface area contributed by atoms with E-state index in [-0.39, 0.29) is 13.0 Å². The van der Waals surface area contributed by atoms with Gasteiger partial charge in [-0.05, 0) is 31.4 Å². The lowest BCUT2D eigenvalue weighted by molar-refractivity contribution is 0.0154. The summed E-state index contributed by atoms with van der Waals surface area (Å²) in [5.41, 5.74) is 16.9. The van der Waals surface area contributed by atoms with Crippen molar-refractivity contribution in [3.05, 3.63) is 39.3 Å². The number of azide groups is 1. The van der Waals surface area contributed by atoms with E-state index in [1.807, 2.05) is 19.9 Å². The molecule has 0 aliphatic carbocycles. The number of nitrogen functional groups attached to an aromatic ring is 1. The van der Waals surface area contributed by atoms with Crippen LogP contribution in [-0.2, 0) is 0 Å². The molecule has 98 valence electrons. The summed E-state index contributed by atoms with van der Waals surface area (Å²) >= 11 is 0. The van der Waals surface area contributed by atoms with Crippen molar-refractivity contribution in [1.82, 2.24) is 0 Å². The van der Waals surface area contributed by atoms with Crippen LogP contribution in [0.15, 0.2) is 17.2 Å². The molecule has 0 bridgehead atoms. The maximum atomic E-state index is 10.1. The van der Waals surface area contributed by atoms with E-state index in [0.717, 1.165) is 11.1 Å². The molecule has 6 nitrogen and oxygen atoms in total. The van der Waals surface area contributed by atoms with Gasteiger partial charge in [0.25, 0.3) is 0 Å². The minimum atomic E-state index is -1.07. The Morgan fingerprint density at radius 3 is 2.67 bits per heavy atom. The van der Waals surface area contributed by atoms with Crippen molar-refractivity contribution in [3.63, 3.8) is 0 Å². The van der Waals surface area contributed by atoms with E-state index in [0.29, 0.717) is 11.3 Å². The van der Waals surface area contributed by atoms with Gasteiger partial charge < -0.3 is 15.9 Å². The summed E-state index contributed by atoms with van der Waals surface area (Å²) in [6.07, 6.45) is -1.88. The Balaban J connectivity index is 2.89. The monoisotopic (exact) mass is 250 g/mol. The fourth-order valence-electron chi connectivity index (χ4n) is 1.86. The molecule has 2 unspecified atom stereocenters. The van der Waals surface area contributed by atoms with Gasteiger partial charge in [-0.2, -0.15) is 0 Å². The fourth-order valence-corrected chi connectivity index (χ4v) is 1.86. The van der Waals surface area contributed by atoms with E-state index in [1.165, 1.54) is 0 Å². The van der Waals surface area contributed by atoms with Crippen LogP contribution in [-0.4, -0.2) is 22.9 Å². The molecular formula is C12H18N4O2. The van der Waals surface area contributed by atoms with Gasteiger partial charge in [-0.25, -0.2) is 0 Å². The van der Waals surface area contributed by atoms with Crippen LogP contribution in [0.25, 0.3) is 10.4 Å². The number of hydrogen-bond donors (Lipinski definition) is 3. The number of benzene rings is 1. The Morgan fingerprint density at radius 1 is 1.39 bits per heavy atom. The van der Waals surface area contributed by atoms with Crippen LogP contribution in [0, 0.1) is 13.8 Å². The van der Waals surface area contributed by atoms with Crippen LogP contribution in [0.4, 0.5) is 5.69 Å². The largest absolute Gasteiger partial charge is 0.398 e. The molecule has 1 aromatic carbocycles. The summed E-state index contributed by atoms with van der Waals surface area (Å²) in [6, 6.07) is 3.67. The third-order valence-electron chi connectivity index (χ3n) is 2.83. The number of aliphatic hydroxyl groups is 2. The summed E-state index contributed by atoms with van der Waals surface area (Å²) in [5, 5.41) is 23.2. The minimum Gasteiger partial charge on any atom is -0.398 e. The van der Waals surface area contributed by atoms with Crippen molar-refractivity contribution in [3.8, 4) is 0 Å². The highest BCUT2D eigenvalue weighted by Gasteiger charge is 2.21. The van der Waals surface area contributed by atoms with Crippen molar-refractivity contribution in [2.75, 3.05) is 12.3 Å². The average Bonchev–Trinajstić information content (AvgIpc) is 2.33. The van der Waals surface area contributed by atoms with E-state index >= 15 is 0 Å². The number of aryl methyl sites for hydroxylation is 2. The van der Waals surface area contributed by atoms with Gasteiger partial charge in [-0.1, -0.05) is 22.8 Å². The summed E-state index contributed by atoms with van der Waals surface area (Å²) in [5.74, 6) is 0. The van der Waals surface area contributed by atoms with Gasteiger partial charge in [0.2, 0.25) is 0 Å². The summed E-state index contributed by atoms with van der Waals surface area (Å²) < 4.78 is 0. The highest BCUT2D eigenvalue weighted by Crippen LogP contribution is 2.28. The van der Waals surface area contributed by atoms with E-state index < -0.39 is 12.2 Å². The van der Waals surface area contributed by atoms with Crippen LogP contribution < -0.4 is 5.73 Å². The second-order valence-electron chi connectivity index (χ2n) is 4.34. The van der Waals surface area contributed by atoms with Gasteiger partial charge in [0.1, 0.15) is 6.10 Å².